The zero-order chi connectivity index (χ0) is 16.0. The molecule has 3 heterocycles. The maximum Gasteiger partial charge on any atom is 0.256 e. The lowest BCUT2D eigenvalue weighted by Gasteiger charge is -2.33. The van der Waals surface area contributed by atoms with Gasteiger partial charge in [0.1, 0.15) is 0 Å². The van der Waals surface area contributed by atoms with Crippen LogP contribution in [-0.4, -0.2) is 58.1 Å². The van der Waals surface area contributed by atoms with Crippen molar-refractivity contribution in [3.05, 3.63) is 29.5 Å². The van der Waals surface area contributed by atoms with Crippen LogP contribution in [-0.2, 0) is 0 Å². The number of likely N-dealkylation sites (N-methyl/N-ethyl adjacent to an activating group) is 1. The van der Waals surface area contributed by atoms with E-state index >= 15 is 0 Å². The molecule has 2 atom stereocenters. The van der Waals surface area contributed by atoms with Gasteiger partial charge in [-0.3, -0.25) is 9.89 Å². The molecule has 2 fully saturated rings. The highest BCUT2D eigenvalue weighted by Crippen LogP contribution is 2.31. The number of hydrogen-bond acceptors (Lipinski definition) is 3. The number of aryl methyl sites for hydroxylation is 1. The van der Waals surface area contributed by atoms with E-state index in [0.717, 1.165) is 48.0 Å². The minimum absolute atomic E-state index is 0.158. The molecule has 0 unspecified atom stereocenters. The molecule has 0 bridgehead atoms. The van der Waals surface area contributed by atoms with E-state index in [1.54, 1.807) is 6.20 Å². The summed E-state index contributed by atoms with van der Waals surface area (Å²) in [6, 6.07) is 4.94. The highest BCUT2D eigenvalue weighted by atomic mass is 16.2. The Kier molecular flexibility index (Phi) is 3.60. The van der Waals surface area contributed by atoms with Gasteiger partial charge in [-0.05, 0) is 63.9 Å². The number of amides is 1. The van der Waals surface area contributed by atoms with E-state index in [2.05, 4.69) is 33.1 Å². The molecule has 0 aliphatic carbocycles. The molecule has 1 aromatic heterocycles. The second kappa shape index (κ2) is 5.64. The summed E-state index contributed by atoms with van der Waals surface area (Å²) >= 11 is 0. The van der Waals surface area contributed by atoms with Crippen LogP contribution in [0.15, 0.2) is 18.3 Å². The molecular weight excluding hydrogens is 288 g/mol. The Bertz CT molecular complexity index is 738. The SMILES string of the molecule is Cc1cc(C(=O)N2CCC[C@H]2[C@@H]2CCCN2C)c2[nH]ncc2c1. The van der Waals surface area contributed by atoms with Gasteiger partial charge < -0.3 is 9.80 Å². The molecule has 1 N–H and O–H groups in total. The van der Waals surface area contributed by atoms with Gasteiger partial charge in [-0.25, -0.2) is 0 Å². The van der Waals surface area contributed by atoms with Gasteiger partial charge in [0, 0.05) is 24.0 Å². The number of aromatic amines is 1. The lowest BCUT2D eigenvalue weighted by Crippen LogP contribution is -2.47. The summed E-state index contributed by atoms with van der Waals surface area (Å²) in [7, 11) is 2.19. The molecule has 0 saturated carbocycles. The first-order chi connectivity index (χ1) is 11.1. The van der Waals surface area contributed by atoms with Crippen molar-refractivity contribution in [2.24, 2.45) is 0 Å². The van der Waals surface area contributed by atoms with Gasteiger partial charge in [0.15, 0.2) is 0 Å². The standard InChI is InChI=1S/C18H24N4O/c1-12-9-13-11-19-20-17(13)14(10-12)18(23)22-8-4-6-16(22)15-5-3-7-21(15)2/h9-11,15-16H,3-8H2,1-2H3,(H,19,20)/t15-,16-/m0/s1. The van der Waals surface area contributed by atoms with Crippen molar-refractivity contribution in [3.8, 4) is 0 Å². The van der Waals surface area contributed by atoms with Gasteiger partial charge in [0.25, 0.3) is 5.91 Å². The molecule has 2 aromatic rings. The zero-order valence-electron chi connectivity index (χ0n) is 13.9. The van der Waals surface area contributed by atoms with E-state index in [0.29, 0.717) is 12.1 Å². The third-order valence-electron chi connectivity index (χ3n) is 5.50. The van der Waals surface area contributed by atoms with E-state index in [4.69, 9.17) is 0 Å². The third-order valence-corrected chi connectivity index (χ3v) is 5.50. The molecule has 122 valence electrons. The number of benzene rings is 1. The van der Waals surface area contributed by atoms with Crippen molar-refractivity contribution < 1.29 is 4.79 Å². The van der Waals surface area contributed by atoms with Gasteiger partial charge in [0.05, 0.1) is 17.3 Å². The molecule has 0 spiro atoms. The summed E-state index contributed by atoms with van der Waals surface area (Å²) in [5, 5.41) is 8.14. The predicted molar refractivity (Wildman–Crippen MR) is 90.5 cm³/mol. The van der Waals surface area contributed by atoms with Gasteiger partial charge in [-0.2, -0.15) is 5.10 Å². The molecule has 5 heteroatoms. The molecule has 2 aliphatic heterocycles. The van der Waals surface area contributed by atoms with Crippen molar-refractivity contribution in [1.29, 1.82) is 0 Å². The van der Waals surface area contributed by atoms with Crippen molar-refractivity contribution in [1.82, 2.24) is 20.0 Å². The Morgan fingerprint density at radius 1 is 1.22 bits per heavy atom. The molecule has 23 heavy (non-hydrogen) atoms. The minimum Gasteiger partial charge on any atom is -0.334 e. The van der Waals surface area contributed by atoms with Crippen LogP contribution < -0.4 is 0 Å². The average Bonchev–Trinajstić information content (AvgIpc) is 3.24. The summed E-state index contributed by atoms with van der Waals surface area (Å²) in [4.78, 5) is 17.8. The molecule has 1 amide bonds. The fraction of sp³-hybridized carbons (Fsp3) is 0.556. The number of fused-ring (bicyclic) bond motifs is 1. The number of hydrogen-bond donors (Lipinski definition) is 1. The van der Waals surface area contributed by atoms with Crippen LogP contribution in [0.1, 0.15) is 41.6 Å². The van der Waals surface area contributed by atoms with Crippen LogP contribution in [0.25, 0.3) is 10.9 Å². The zero-order valence-corrected chi connectivity index (χ0v) is 13.9. The second-order valence-corrected chi connectivity index (χ2v) is 7.05. The largest absolute Gasteiger partial charge is 0.334 e. The minimum atomic E-state index is 0.158. The Hall–Kier alpha value is -1.88. The number of carbonyl (C=O) groups excluding carboxylic acids is 1. The van der Waals surface area contributed by atoms with Crippen LogP contribution >= 0.6 is 0 Å². The lowest BCUT2D eigenvalue weighted by atomic mass is 10.0. The van der Waals surface area contributed by atoms with E-state index in [1.807, 2.05) is 13.0 Å². The summed E-state index contributed by atoms with van der Waals surface area (Å²) in [5.74, 6) is 0.158. The summed E-state index contributed by atoms with van der Waals surface area (Å²) in [6.07, 6.45) is 6.48. The number of H-pyrrole nitrogens is 1. The van der Waals surface area contributed by atoms with Crippen LogP contribution in [0.3, 0.4) is 0 Å². The molecular formula is C18H24N4O. The van der Waals surface area contributed by atoms with Gasteiger partial charge >= 0.3 is 0 Å². The first kappa shape index (κ1) is 14.7. The highest BCUT2D eigenvalue weighted by molar-refractivity contribution is 6.06. The normalized spacial score (nSPS) is 25.6. The Balaban J connectivity index is 1.68. The lowest BCUT2D eigenvalue weighted by molar-refractivity contribution is 0.0666. The number of likely N-dealkylation sites (tertiary alicyclic amines) is 2. The van der Waals surface area contributed by atoms with Gasteiger partial charge in [-0.1, -0.05) is 0 Å². The van der Waals surface area contributed by atoms with E-state index in [9.17, 15) is 4.79 Å². The van der Waals surface area contributed by atoms with Crippen LogP contribution in [0.2, 0.25) is 0 Å². The Morgan fingerprint density at radius 3 is 2.78 bits per heavy atom. The Morgan fingerprint density at radius 2 is 2.00 bits per heavy atom. The average molecular weight is 312 g/mol. The van der Waals surface area contributed by atoms with E-state index < -0.39 is 0 Å². The second-order valence-electron chi connectivity index (χ2n) is 7.05. The number of rotatable bonds is 2. The number of carbonyl (C=O) groups is 1. The topological polar surface area (TPSA) is 52.2 Å². The van der Waals surface area contributed by atoms with Crippen molar-refractivity contribution in [3.63, 3.8) is 0 Å². The number of nitrogens with zero attached hydrogens (tertiary/aromatic N) is 3. The first-order valence-electron chi connectivity index (χ1n) is 8.60. The molecule has 2 aliphatic rings. The first-order valence-corrected chi connectivity index (χ1v) is 8.60. The third kappa shape index (κ3) is 2.43. The number of aromatic nitrogens is 2. The van der Waals surface area contributed by atoms with Crippen LogP contribution in [0.4, 0.5) is 0 Å². The molecule has 4 rings (SSSR count). The van der Waals surface area contributed by atoms with E-state index in [1.165, 1.54) is 12.8 Å². The molecule has 0 radical (unpaired) electrons. The summed E-state index contributed by atoms with van der Waals surface area (Å²) in [5.41, 5.74) is 2.74. The van der Waals surface area contributed by atoms with Crippen molar-refractivity contribution >= 4 is 16.8 Å². The van der Waals surface area contributed by atoms with Gasteiger partial charge in [-0.15, -0.1) is 0 Å². The Labute approximate surface area is 136 Å². The van der Waals surface area contributed by atoms with Crippen LogP contribution in [0.5, 0.6) is 0 Å². The smallest absolute Gasteiger partial charge is 0.256 e. The van der Waals surface area contributed by atoms with Crippen LogP contribution in [0, 0.1) is 6.92 Å². The maximum absolute atomic E-state index is 13.2. The molecule has 5 nitrogen and oxygen atoms in total. The number of nitrogens with one attached hydrogen (secondary N) is 1. The van der Waals surface area contributed by atoms with Gasteiger partial charge in [0.2, 0.25) is 0 Å². The fourth-order valence-electron chi connectivity index (χ4n) is 4.40. The summed E-state index contributed by atoms with van der Waals surface area (Å²) in [6.45, 7) is 4.06. The van der Waals surface area contributed by atoms with Crippen molar-refractivity contribution in [2.75, 3.05) is 20.1 Å². The highest BCUT2D eigenvalue weighted by Gasteiger charge is 2.39. The van der Waals surface area contributed by atoms with E-state index in [-0.39, 0.29) is 5.91 Å². The predicted octanol–water partition coefficient (Wildman–Crippen LogP) is 2.57. The monoisotopic (exact) mass is 312 g/mol. The van der Waals surface area contributed by atoms with Crippen molar-refractivity contribution in [2.45, 2.75) is 44.7 Å². The molecule has 1 aromatic carbocycles. The quantitative estimate of drug-likeness (QED) is 0.927. The summed E-state index contributed by atoms with van der Waals surface area (Å²) < 4.78 is 0. The molecule has 2 saturated heterocycles. The fourth-order valence-corrected chi connectivity index (χ4v) is 4.40. The maximum atomic E-state index is 13.2.